The maximum absolute atomic E-state index is 12.2. The van der Waals surface area contributed by atoms with Crippen molar-refractivity contribution in [2.24, 2.45) is 11.3 Å². The molecule has 0 heterocycles. The molecule has 1 fully saturated rings. The zero-order valence-corrected chi connectivity index (χ0v) is 11.2. The molecular formula is C13H20N2O3. The van der Waals surface area contributed by atoms with Gasteiger partial charge < -0.3 is 9.64 Å². The number of esters is 1. The van der Waals surface area contributed by atoms with Gasteiger partial charge in [-0.2, -0.15) is 5.26 Å². The number of ether oxygens (including phenoxy) is 1. The molecule has 1 amide bonds. The van der Waals surface area contributed by atoms with Crippen LogP contribution in [0.5, 0.6) is 0 Å². The molecule has 0 aromatic heterocycles. The second kappa shape index (κ2) is 5.85. The van der Waals surface area contributed by atoms with Crippen LogP contribution in [0.3, 0.4) is 0 Å². The fourth-order valence-electron chi connectivity index (χ4n) is 2.47. The fourth-order valence-corrected chi connectivity index (χ4v) is 2.47. The zero-order chi connectivity index (χ0) is 13.8. The van der Waals surface area contributed by atoms with E-state index in [4.69, 9.17) is 5.26 Å². The van der Waals surface area contributed by atoms with E-state index in [1.54, 1.807) is 11.9 Å². The van der Waals surface area contributed by atoms with Gasteiger partial charge in [-0.15, -0.1) is 0 Å². The molecule has 0 radical (unpaired) electrons. The van der Waals surface area contributed by atoms with E-state index in [0.29, 0.717) is 38.1 Å². The lowest BCUT2D eigenvalue weighted by atomic mass is 9.63. The summed E-state index contributed by atoms with van der Waals surface area (Å²) < 4.78 is 4.53. The molecule has 0 atom stereocenters. The van der Waals surface area contributed by atoms with E-state index >= 15 is 0 Å². The summed E-state index contributed by atoms with van der Waals surface area (Å²) in [5, 5.41) is 9.15. The molecule has 5 nitrogen and oxygen atoms in total. The molecule has 0 aromatic rings. The first-order valence-electron chi connectivity index (χ1n) is 6.19. The molecule has 1 rings (SSSR count). The van der Waals surface area contributed by atoms with Gasteiger partial charge in [-0.3, -0.25) is 9.59 Å². The quantitative estimate of drug-likeness (QED) is 0.692. The number of hydrogen-bond donors (Lipinski definition) is 0. The highest BCUT2D eigenvalue weighted by molar-refractivity contribution is 5.86. The Morgan fingerprint density at radius 3 is 2.56 bits per heavy atom. The van der Waals surface area contributed by atoms with Crippen LogP contribution in [0.15, 0.2) is 0 Å². The number of methoxy groups -OCH3 is 1. The van der Waals surface area contributed by atoms with Crippen molar-refractivity contribution >= 4 is 11.9 Å². The lowest BCUT2D eigenvalue weighted by Gasteiger charge is -2.41. The molecule has 0 bridgehead atoms. The Kier molecular flexibility index (Phi) is 4.71. The van der Waals surface area contributed by atoms with Crippen molar-refractivity contribution in [2.45, 2.75) is 32.6 Å². The number of amides is 1. The van der Waals surface area contributed by atoms with E-state index in [2.05, 4.69) is 10.8 Å². The van der Waals surface area contributed by atoms with E-state index in [9.17, 15) is 9.59 Å². The Hall–Kier alpha value is -1.57. The Morgan fingerprint density at radius 1 is 1.50 bits per heavy atom. The molecular weight excluding hydrogens is 232 g/mol. The van der Waals surface area contributed by atoms with Gasteiger partial charge in [0.25, 0.3) is 0 Å². The van der Waals surface area contributed by atoms with Crippen LogP contribution >= 0.6 is 0 Å². The molecule has 5 heteroatoms. The number of carbonyl (C=O) groups is 2. The van der Waals surface area contributed by atoms with Crippen molar-refractivity contribution in [1.29, 1.82) is 5.26 Å². The van der Waals surface area contributed by atoms with Gasteiger partial charge in [0.05, 0.1) is 13.2 Å². The molecule has 0 aromatic carbocycles. The minimum Gasteiger partial charge on any atom is -0.469 e. The van der Waals surface area contributed by atoms with Crippen molar-refractivity contribution < 1.29 is 14.3 Å². The first-order chi connectivity index (χ1) is 8.45. The van der Waals surface area contributed by atoms with E-state index in [-0.39, 0.29) is 11.9 Å². The SMILES string of the molecule is COC(=O)CCCN(C)C(=O)C1(C#N)CC(C)C1. The summed E-state index contributed by atoms with van der Waals surface area (Å²) in [6.07, 6.45) is 2.14. The van der Waals surface area contributed by atoms with Crippen molar-refractivity contribution in [3.05, 3.63) is 0 Å². The molecule has 18 heavy (non-hydrogen) atoms. The number of carbonyl (C=O) groups excluding carboxylic acids is 2. The maximum Gasteiger partial charge on any atom is 0.305 e. The maximum atomic E-state index is 12.2. The zero-order valence-electron chi connectivity index (χ0n) is 11.2. The highest BCUT2D eigenvalue weighted by atomic mass is 16.5. The van der Waals surface area contributed by atoms with Gasteiger partial charge in [0, 0.05) is 20.0 Å². The second-order valence-corrected chi connectivity index (χ2v) is 5.11. The minimum atomic E-state index is -0.820. The monoisotopic (exact) mass is 252 g/mol. The summed E-state index contributed by atoms with van der Waals surface area (Å²) in [4.78, 5) is 24.7. The van der Waals surface area contributed by atoms with Crippen LogP contribution in [0.4, 0.5) is 0 Å². The molecule has 100 valence electrons. The normalized spacial score (nSPS) is 25.8. The van der Waals surface area contributed by atoms with Gasteiger partial charge in [-0.25, -0.2) is 0 Å². The van der Waals surface area contributed by atoms with Crippen molar-refractivity contribution in [3.63, 3.8) is 0 Å². The summed E-state index contributed by atoms with van der Waals surface area (Å²) in [7, 11) is 3.03. The Labute approximate surface area is 108 Å². The van der Waals surface area contributed by atoms with Crippen LogP contribution in [0.25, 0.3) is 0 Å². The largest absolute Gasteiger partial charge is 0.469 e. The van der Waals surface area contributed by atoms with Gasteiger partial charge in [-0.1, -0.05) is 6.92 Å². The van der Waals surface area contributed by atoms with Gasteiger partial charge in [0.2, 0.25) is 5.91 Å². The molecule has 1 aliphatic carbocycles. The van der Waals surface area contributed by atoms with Crippen molar-refractivity contribution in [2.75, 3.05) is 20.7 Å². The van der Waals surface area contributed by atoms with E-state index in [1.807, 2.05) is 6.92 Å². The predicted octanol–water partition coefficient (Wildman–Crippen LogP) is 1.34. The summed E-state index contributed by atoms with van der Waals surface area (Å²) in [6, 6.07) is 2.15. The van der Waals surface area contributed by atoms with Crippen LogP contribution in [0.2, 0.25) is 0 Å². The average Bonchev–Trinajstić information content (AvgIpc) is 2.33. The van der Waals surface area contributed by atoms with Crippen molar-refractivity contribution in [1.82, 2.24) is 4.90 Å². The van der Waals surface area contributed by atoms with E-state index in [0.717, 1.165) is 0 Å². The third kappa shape index (κ3) is 3.00. The standard InChI is InChI=1S/C13H20N2O3/c1-10-7-13(8-10,9-14)12(17)15(2)6-4-5-11(16)18-3/h10H,4-8H2,1-3H3. The smallest absolute Gasteiger partial charge is 0.305 e. The lowest BCUT2D eigenvalue weighted by Crippen LogP contribution is -2.49. The van der Waals surface area contributed by atoms with Crippen LogP contribution in [-0.2, 0) is 14.3 Å². The number of nitrogens with zero attached hydrogens (tertiary/aromatic N) is 2. The van der Waals surface area contributed by atoms with E-state index in [1.165, 1.54) is 7.11 Å². The third-order valence-corrected chi connectivity index (χ3v) is 3.47. The predicted molar refractivity (Wildman–Crippen MR) is 65.3 cm³/mol. The van der Waals surface area contributed by atoms with Crippen LogP contribution in [0.1, 0.15) is 32.6 Å². The second-order valence-electron chi connectivity index (χ2n) is 5.11. The Bertz CT molecular complexity index is 367. The summed E-state index contributed by atoms with van der Waals surface area (Å²) >= 11 is 0. The van der Waals surface area contributed by atoms with Crippen LogP contribution < -0.4 is 0 Å². The molecule has 0 unspecified atom stereocenters. The van der Waals surface area contributed by atoms with Crippen molar-refractivity contribution in [3.8, 4) is 6.07 Å². The first kappa shape index (κ1) is 14.5. The molecule has 0 aliphatic heterocycles. The molecule has 1 aliphatic rings. The van der Waals surface area contributed by atoms with Gasteiger partial charge >= 0.3 is 5.97 Å². The Balaban J connectivity index is 2.42. The topological polar surface area (TPSA) is 70.4 Å². The number of rotatable bonds is 5. The number of hydrogen-bond acceptors (Lipinski definition) is 4. The fraction of sp³-hybridized carbons (Fsp3) is 0.769. The first-order valence-corrected chi connectivity index (χ1v) is 6.19. The van der Waals surface area contributed by atoms with Gasteiger partial charge in [0.15, 0.2) is 0 Å². The highest BCUT2D eigenvalue weighted by Crippen LogP contribution is 2.46. The summed E-state index contributed by atoms with van der Waals surface area (Å²) in [6.45, 7) is 2.52. The highest BCUT2D eigenvalue weighted by Gasteiger charge is 2.50. The van der Waals surface area contributed by atoms with Crippen LogP contribution in [0, 0.1) is 22.7 Å². The van der Waals surface area contributed by atoms with Gasteiger partial charge in [0.1, 0.15) is 5.41 Å². The molecule has 0 saturated heterocycles. The number of nitriles is 1. The van der Waals surface area contributed by atoms with Crippen LogP contribution in [-0.4, -0.2) is 37.5 Å². The lowest BCUT2D eigenvalue weighted by molar-refractivity contribution is -0.145. The summed E-state index contributed by atoms with van der Waals surface area (Å²) in [5.74, 6) is 0.0492. The molecule has 1 saturated carbocycles. The summed E-state index contributed by atoms with van der Waals surface area (Å²) in [5.41, 5.74) is -0.820. The molecule has 0 N–H and O–H groups in total. The van der Waals surface area contributed by atoms with Gasteiger partial charge in [-0.05, 0) is 25.2 Å². The van der Waals surface area contributed by atoms with E-state index < -0.39 is 5.41 Å². The average molecular weight is 252 g/mol. The minimum absolute atomic E-state index is 0.118. The molecule has 0 spiro atoms. The Morgan fingerprint density at radius 2 is 2.11 bits per heavy atom. The third-order valence-electron chi connectivity index (χ3n) is 3.47.